The Balaban J connectivity index is 1.98. The average molecular weight is 395 g/mol. The van der Waals surface area contributed by atoms with Crippen LogP contribution in [0, 0.1) is 17.0 Å². The number of hydrogen-bond acceptors (Lipinski definition) is 7. The van der Waals surface area contributed by atoms with Crippen molar-refractivity contribution < 1.29 is 14.4 Å². The minimum atomic E-state index is -0.466. The molecule has 0 atom stereocenters. The summed E-state index contributed by atoms with van der Waals surface area (Å²) in [6, 6.07) is 9.52. The lowest BCUT2D eigenvalue weighted by molar-refractivity contribution is -0.384. The van der Waals surface area contributed by atoms with Gasteiger partial charge in [-0.25, -0.2) is 9.78 Å². The summed E-state index contributed by atoms with van der Waals surface area (Å²) >= 11 is 0. The molecular weight excluding hydrogens is 378 g/mol. The number of hydrogen-bond donors (Lipinski definition) is 0. The third kappa shape index (κ3) is 3.04. The first-order valence-electron chi connectivity index (χ1n) is 8.68. The molecule has 29 heavy (non-hydrogen) atoms. The predicted octanol–water partition coefficient (Wildman–Crippen LogP) is 2.33. The summed E-state index contributed by atoms with van der Waals surface area (Å²) in [5, 5.41) is 15.8. The molecule has 10 heteroatoms. The summed E-state index contributed by atoms with van der Waals surface area (Å²) in [6.07, 6.45) is 0. The van der Waals surface area contributed by atoms with Gasteiger partial charge < -0.3 is 9.47 Å². The maximum Gasteiger partial charge on any atom is 0.351 e. The second-order valence-electron chi connectivity index (χ2n) is 6.41. The first kappa shape index (κ1) is 18.4. The Kier molecular flexibility index (Phi) is 4.38. The molecule has 2 aromatic carbocycles. The fourth-order valence-corrected chi connectivity index (χ4v) is 3.27. The van der Waals surface area contributed by atoms with Crippen LogP contribution in [0.25, 0.3) is 16.6 Å². The average Bonchev–Trinajstić information content (AvgIpc) is 3.12. The number of nitro benzene ring substituents is 1. The highest BCUT2D eigenvalue weighted by atomic mass is 16.6. The third-order valence-corrected chi connectivity index (χ3v) is 4.65. The lowest BCUT2D eigenvalue weighted by Crippen LogP contribution is -2.28. The highest BCUT2D eigenvalue weighted by molar-refractivity contribution is 5.94. The highest BCUT2D eigenvalue weighted by Crippen LogP contribution is 2.33. The van der Waals surface area contributed by atoms with Crippen LogP contribution >= 0.6 is 0 Å². The zero-order valence-electron chi connectivity index (χ0n) is 15.9. The Morgan fingerprint density at radius 3 is 2.38 bits per heavy atom. The largest absolute Gasteiger partial charge is 0.493 e. The zero-order valence-corrected chi connectivity index (χ0v) is 15.9. The van der Waals surface area contributed by atoms with Gasteiger partial charge in [0.2, 0.25) is 0 Å². The van der Waals surface area contributed by atoms with Crippen LogP contribution in [0.15, 0.2) is 41.2 Å². The molecule has 0 spiro atoms. The van der Waals surface area contributed by atoms with Crippen LogP contribution in [0.3, 0.4) is 0 Å². The smallest absolute Gasteiger partial charge is 0.351 e. The van der Waals surface area contributed by atoms with Gasteiger partial charge in [-0.15, -0.1) is 5.10 Å². The van der Waals surface area contributed by atoms with Gasteiger partial charge in [0.15, 0.2) is 17.1 Å². The Morgan fingerprint density at radius 2 is 1.76 bits per heavy atom. The third-order valence-electron chi connectivity index (χ3n) is 4.65. The van der Waals surface area contributed by atoms with Crippen molar-refractivity contribution in [3.63, 3.8) is 0 Å². The van der Waals surface area contributed by atoms with E-state index in [1.165, 1.54) is 35.4 Å². The quantitative estimate of drug-likeness (QED) is 0.376. The summed E-state index contributed by atoms with van der Waals surface area (Å²) in [7, 11) is 3.05. The van der Waals surface area contributed by atoms with Crippen molar-refractivity contribution in [2.45, 2.75) is 13.5 Å². The van der Waals surface area contributed by atoms with Crippen molar-refractivity contribution in [3.05, 3.63) is 68.4 Å². The van der Waals surface area contributed by atoms with Gasteiger partial charge >= 0.3 is 5.69 Å². The van der Waals surface area contributed by atoms with Gasteiger partial charge in [-0.1, -0.05) is 12.1 Å². The number of nitro groups is 1. The van der Waals surface area contributed by atoms with E-state index in [0.29, 0.717) is 33.9 Å². The first-order chi connectivity index (χ1) is 13.9. The van der Waals surface area contributed by atoms with Crippen LogP contribution in [-0.2, 0) is 6.54 Å². The molecule has 0 radical (unpaired) electrons. The van der Waals surface area contributed by atoms with Crippen molar-refractivity contribution >= 4 is 22.2 Å². The summed E-state index contributed by atoms with van der Waals surface area (Å²) in [6.45, 7) is 1.90. The van der Waals surface area contributed by atoms with E-state index in [1.54, 1.807) is 31.2 Å². The number of aromatic nitrogens is 4. The standard InChI is InChI=1S/C19H17N5O5/c1-11-20-18-14-8-16(28-2)17(29-3)9-15(14)22(19(25)23(18)21-11)10-12-4-6-13(7-5-12)24(26)27/h4-9H,10H2,1-3H3. The van der Waals surface area contributed by atoms with Gasteiger partial charge in [-0.05, 0) is 18.6 Å². The van der Waals surface area contributed by atoms with Crippen LogP contribution in [0.5, 0.6) is 11.5 Å². The van der Waals surface area contributed by atoms with Crippen molar-refractivity contribution in [2.75, 3.05) is 14.2 Å². The van der Waals surface area contributed by atoms with Gasteiger partial charge in [-0.2, -0.15) is 4.52 Å². The maximum absolute atomic E-state index is 13.1. The van der Waals surface area contributed by atoms with Crippen molar-refractivity contribution in [1.82, 2.24) is 19.2 Å². The van der Waals surface area contributed by atoms with E-state index in [1.807, 2.05) is 0 Å². The van der Waals surface area contributed by atoms with E-state index in [9.17, 15) is 14.9 Å². The number of ether oxygens (including phenoxy) is 2. The molecule has 4 aromatic rings. The number of rotatable bonds is 5. The summed E-state index contributed by atoms with van der Waals surface area (Å²) in [4.78, 5) is 27.9. The van der Waals surface area contributed by atoms with Crippen molar-refractivity contribution in [1.29, 1.82) is 0 Å². The number of aryl methyl sites for hydroxylation is 1. The monoisotopic (exact) mass is 395 g/mol. The molecule has 2 heterocycles. The zero-order chi connectivity index (χ0) is 20.7. The van der Waals surface area contributed by atoms with E-state index in [0.717, 1.165) is 5.56 Å². The van der Waals surface area contributed by atoms with Gasteiger partial charge in [0.05, 0.1) is 31.2 Å². The molecule has 10 nitrogen and oxygen atoms in total. The molecule has 0 saturated carbocycles. The molecule has 0 aliphatic heterocycles. The molecule has 0 saturated heterocycles. The molecule has 0 unspecified atom stereocenters. The topological polar surface area (TPSA) is 114 Å². The summed E-state index contributed by atoms with van der Waals surface area (Å²) in [5.41, 5.74) is 1.35. The predicted molar refractivity (Wildman–Crippen MR) is 105 cm³/mol. The van der Waals surface area contributed by atoms with Gasteiger partial charge in [0, 0.05) is 23.6 Å². The van der Waals surface area contributed by atoms with Crippen molar-refractivity contribution in [2.24, 2.45) is 0 Å². The number of fused-ring (bicyclic) bond motifs is 3. The number of non-ortho nitro benzene ring substituents is 1. The van der Waals surface area contributed by atoms with E-state index in [4.69, 9.17) is 9.47 Å². The fourth-order valence-electron chi connectivity index (χ4n) is 3.27. The minimum Gasteiger partial charge on any atom is -0.493 e. The van der Waals surface area contributed by atoms with E-state index >= 15 is 0 Å². The molecule has 0 amide bonds. The first-order valence-corrected chi connectivity index (χ1v) is 8.68. The van der Waals surface area contributed by atoms with Crippen LogP contribution in [0.1, 0.15) is 11.4 Å². The van der Waals surface area contributed by atoms with Crippen LogP contribution in [0.2, 0.25) is 0 Å². The lowest BCUT2D eigenvalue weighted by atomic mass is 10.1. The van der Waals surface area contributed by atoms with Gasteiger partial charge in [0.25, 0.3) is 5.69 Å². The SMILES string of the molecule is COc1cc2c(cc1OC)n(Cc1ccc([N+](=O)[O-])cc1)c(=O)n1nc(C)nc21. The van der Waals surface area contributed by atoms with Crippen LogP contribution < -0.4 is 15.2 Å². The molecule has 0 fully saturated rings. The number of benzene rings is 2. The Morgan fingerprint density at radius 1 is 1.10 bits per heavy atom. The Labute approximate surface area is 164 Å². The second kappa shape index (κ2) is 6.89. The lowest BCUT2D eigenvalue weighted by Gasteiger charge is -2.14. The summed E-state index contributed by atoms with van der Waals surface area (Å²) < 4.78 is 13.6. The normalized spacial score (nSPS) is 11.1. The molecule has 148 valence electrons. The summed E-state index contributed by atoms with van der Waals surface area (Å²) in [5.74, 6) is 1.44. The molecular formula is C19H17N5O5. The van der Waals surface area contributed by atoms with Crippen LogP contribution in [0.4, 0.5) is 5.69 Å². The van der Waals surface area contributed by atoms with E-state index in [-0.39, 0.29) is 17.9 Å². The maximum atomic E-state index is 13.1. The Bertz CT molecular complexity index is 1310. The second-order valence-corrected chi connectivity index (χ2v) is 6.41. The highest BCUT2D eigenvalue weighted by Gasteiger charge is 2.18. The molecule has 0 bridgehead atoms. The molecule has 2 aromatic heterocycles. The fraction of sp³-hybridized carbons (Fsp3) is 0.211. The molecule has 0 aliphatic rings. The van der Waals surface area contributed by atoms with E-state index < -0.39 is 4.92 Å². The van der Waals surface area contributed by atoms with E-state index in [2.05, 4.69) is 10.1 Å². The Hall–Kier alpha value is -3.95. The molecule has 4 rings (SSSR count). The minimum absolute atomic E-state index is 0.0142. The number of methoxy groups -OCH3 is 2. The van der Waals surface area contributed by atoms with Crippen LogP contribution in [-0.4, -0.2) is 38.3 Å². The van der Waals surface area contributed by atoms with Crippen molar-refractivity contribution in [3.8, 4) is 11.5 Å². The molecule has 0 aliphatic carbocycles. The van der Waals surface area contributed by atoms with Gasteiger partial charge in [-0.3, -0.25) is 14.7 Å². The molecule has 0 N–H and O–H groups in total. The number of nitrogens with zero attached hydrogens (tertiary/aromatic N) is 5. The van der Waals surface area contributed by atoms with Gasteiger partial charge in [0.1, 0.15) is 5.82 Å².